The number of benzene rings is 3. The SMILES string of the molecule is CCN1C(=O)/C(=C\c2ccc(OCc3ccc(Cl)cc3Cl)c(Cl)c2)c2ccccc21. The van der Waals surface area contributed by atoms with Crippen LogP contribution in [-0.2, 0) is 11.4 Å². The van der Waals surface area contributed by atoms with Crippen LogP contribution in [0.4, 0.5) is 5.69 Å². The highest BCUT2D eigenvalue weighted by atomic mass is 35.5. The lowest BCUT2D eigenvalue weighted by Gasteiger charge is -2.13. The van der Waals surface area contributed by atoms with Crippen molar-refractivity contribution >= 4 is 58.0 Å². The molecular weight excluding hydrogens is 441 g/mol. The molecule has 152 valence electrons. The maximum atomic E-state index is 12.8. The van der Waals surface area contributed by atoms with Crippen LogP contribution in [0.25, 0.3) is 11.6 Å². The highest BCUT2D eigenvalue weighted by molar-refractivity contribution is 6.36. The molecule has 1 aliphatic heterocycles. The molecular formula is C24H18Cl3NO2. The molecule has 1 heterocycles. The molecule has 0 aromatic heterocycles. The predicted molar refractivity (Wildman–Crippen MR) is 125 cm³/mol. The number of amides is 1. The molecule has 0 aliphatic carbocycles. The molecule has 1 amide bonds. The Bertz CT molecular complexity index is 1160. The summed E-state index contributed by atoms with van der Waals surface area (Å²) in [6, 6.07) is 18.5. The van der Waals surface area contributed by atoms with Gasteiger partial charge in [-0.1, -0.05) is 65.1 Å². The topological polar surface area (TPSA) is 29.5 Å². The summed E-state index contributed by atoms with van der Waals surface area (Å²) in [6.07, 6.45) is 1.86. The Kier molecular flexibility index (Phi) is 6.05. The number of likely N-dealkylation sites (N-methyl/N-ethyl adjacent to an activating group) is 1. The molecule has 1 aliphatic rings. The molecule has 30 heavy (non-hydrogen) atoms. The number of nitrogens with zero attached hydrogens (tertiary/aromatic N) is 1. The van der Waals surface area contributed by atoms with Crippen molar-refractivity contribution in [3.8, 4) is 5.75 Å². The second-order valence-corrected chi connectivity index (χ2v) is 8.09. The van der Waals surface area contributed by atoms with Crippen molar-refractivity contribution in [3.05, 3.63) is 92.4 Å². The van der Waals surface area contributed by atoms with Crippen LogP contribution < -0.4 is 9.64 Å². The number of carbonyl (C=O) groups excluding carboxylic acids is 1. The van der Waals surface area contributed by atoms with Crippen LogP contribution in [0.5, 0.6) is 5.75 Å². The van der Waals surface area contributed by atoms with Gasteiger partial charge in [0.25, 0.3) is 5.91 Å². The molecule has 6 heteroatoms. The zero-order valence-corrected chi connectivity index (χ0v) is 18.4. The van der Waals surface area contributed by atoms with Crippen LogP contribution in [0.2, 0.25) is 15.1 Å². The van der Waals surface area contributed by atoms with Crippen LogP contribution in [0.1, 0.15) is 23.6 Å². The van der Waals surface area contributed by atoms with Crippen molar-refractivity contribution in [2.24, 2.45) is 0 Å². The molecule has 0 saturated carbocycles. The third kappa shape index (κ3) is 4.06. The van der Waals surface area contributed by atoms with E-state index in [4.69, 9.17) is 39.5 Å². The highest BCUT2D eigenvalue weighted by Gasteiger charge is 2.30. The third-order valence-electron chi connectivity index (χ3n) is 4.94. The summed E-state index contributed by atoms with van der Waals surface area (Å²) >= 11 is 18.6. The average molecular weight is 459 g/mol. The summed E-state index contributed by atoms with van der Waals surface area (Å²) in [5.74, 6) is 0.533. The summed E-state index contributed by atoms with van der Waals surface area (Å²) < 4.78 is 5.83. The van der Waals surface area contributed by atoms with Crippen molar-refractivity contribution in [1.82, 2.24) is 0 Å². The smallest absolute Gasteiger partial charge is 0.258 e. The molecule has 3 aromatic carbocycles. The summed E-state index contributed by atoms with van der Waals surface area (Å²) in [5, 5.41) is 1.57. The number of carbonyl (C=O) groups is 1. The van der Waals surface area contributed by atoms with Crippen molar-refractivity contribution in [2.45, 2.75) is 13.5 Å². The minimum atomic E-state index is -0.00692. The number of anilines is 1. The second-order valence-electron chi connectivity index (χ2n) is 6.84. The number of fused-ring (bicyclic) bond motifs is 1. The van der Waals surface area contributed by atoms with E-state index in [9.17, 15) is 4.79 Å². The van der Waals surface area contributed by atoms with Gasteiger partial charge in [-0.2, -0.15) is 0 Å². The Morgan fingerprint density at radius 2 is 1.77 bits per heavy atom. The fraction of sp³-hybridized carbons (Fsp3) is 0.125. The minimum absolute atomic E-state index is 0.00692. The molecule has 3 aromatic rings. The van der Waals surface area contributed by atoms with Crippen LogP contribution in [0.15, 0.2) is 60.7 Å². The van der Waals surface area contributed by atoms with E-state index < -0.39 is 0 Å². The third-order valence-corrected chi connectivity index (χ3v) is 5.82. The molecule has 0 spiro atoms. The van der Waals surface area contributed by atoms with Gasteiger partial charge in [-0.15, -0.1) is 0 Å². The van der Waals surface area contributed by atoms with E-state index in [1.807, 2.05) is 49.4 Å². The fourth-order valence-corrected chi connectivity index (χ4v) is 4.15. The number of ether oxygens (including phenoxy) is 1. The van der Waals surface area contributed by atoms with Gasteiger partial charge < -0.3 is 9.64 Å². The first kappa shape index (κ1) is 20.8. The minimum Gasteiger partial charge on any atom is -0.487 e. The van der Waals surface area contributed by atoms with Gasteiger partial charge in [0, 0.05) is 33.3 Å². The standard InChI is InChI=1S/C24H18Cl3NO2/c1-2-28-22-6-4-3-5-18(22)19(24(28)29)11-15-7-10-23(21(27)12-15)30-14-16-8-9-17(25)13-20(16)26/h3-13H,2,14H2,1H3/b19-11-. The number of halogens is 3. The van der Waals surface area contributed by atoms with Crippen LogP contribution in [-0.4, -0.2) is 12.5 Å². The zero-order chi connectivity index (χ0) is 21.3. The Balaban J connectivity index is 1.57. The van der Waals surface area contributed by atoms with Crippen LogP contribution >= 0.6 is 34.8 Å². The first-order valence-electron chi connectivity index (χ1n) is 9.47. The van der Waals surface area contributed by atoms with E-state index in [-0.39, 0.29) is 12.5 Å². The number of hydrogen-bond acceptors (Lipinski definition) is 2. The maximum Gasteiger partial charge on any atom is 0.258 e. The van der Waals surface area contributed by atoms with E-state index in [0.29, 0.717) is 32.9 Å². The molecule has 3 nitrogen and oxygen atoms in total. The molecule has 0 atom stereocenters. The lowest BCUT2D eigenvalue weighted by molar-refractivity contribution is -0.112. The molecule has 4 rings (SSSR count). The van der Waals surface area contributed by atoms with Gasteiger partial charge in [0.15, 0.2) is 0 Å². The summed E-state index contributed by atoms with van der Waals surface area (Å²) in [7, 11) is 0. The molecule has 0 bridgehead atoms. The Hall–Kier alpha value is -2.46. The van der Waals surface area contributed by atoms with Gasteiger partial charge in [0.1, 0.15) is 12.4 Å². The Morgan fingerprint density at radius 1 is 0.967 bits per heavy atom. The number of hydrogen-bond donors (Lipinski definition) is 0. The number of para-hydroxylation sites is 1. The normalized spacial score (nSPS) is 14.3. The summed E-state index contributed by atoms with van der Waals surface area (Å²) in [5.41, 5.74) is 4.16. The average Bonchev–Trinajstić information content (AvgIpc) is 2.99. The van der Waals surface area contributed by atoms with Crippen molar-refractivity contribution in [2.75, 3.05) is 11.4 Å². The van der Waals surface area contributed by atoms with Crippen molar-refractivity contribution < 1.29 is 9.53 Å². The van der Waals surface area contributed by atoms with Gasteiger partial charge in [0.2, 0.25) is 0 Å². The van der Waals surface area contributed by atoms with Crippen LogP contribution in [0.3, 0.4) is 0 Å². The van der Waals surface area contributed by atoms with Gasteiger partial charge in [-0.3, -0.25) is 4.79 Å². The van der Waals surface area contributed by atoms with Crippen molar-refractivity contribution in [3.63, 3.8) is 0 Å². The lowest BCUT2D eigenvalue weighted by Crippen LogP contribution is -2.25. The lowest BCUT2D eigenvalue weighted by atomic mass is 10.0. The summed E-state index contributed by atoms with van der Waals surface area (Å²) in [4.78, 5) is 14.6. The molecule has 0 unspecified atom stereocenters. The highest BCUT2D eigenvalue weighted by Crippen LogP contribution is 2.38. The zero-order valence-electron chi connectivity index (χ0n) is 16.2. The maximum absolute atomic E-state index is 12.8. The molecule has 0 fully saturated rings. The first-order valence-corrected chi connectivity index (χ1v) is 10.6. The molecule has 0 radical (unpaired) electrons. The predicted octanol–water partition coefficient (Wildman–Crippen LogP) is 7.13. The van der Waals surface area contributed by atoms with Gasteiger partial charge in [-0.05, 0) is 48.9 Å². The molecule has 0 N–H and O–H groups in total. The van der Waals surface area contributed by atoms with E-state index >= 15 is 0 Å². The van der Waals surface area contributed by atoms with Gasteiger partial charge in [-0.25, -0.2) is 0 Å². The monoisotopic (exact) mass is 457 g/mol. The number of rotatable bonds is 5. The molecule has 0 saturated heterocycles. The Morgan fingerprint density at radius 3 is 2.50 bits per heavy atom. The van der Waals surface area contributed by atoms with E-state index in [1.54, 1.807) is 29.2 Å². The second kappa shape index (κ2) is 8.73. The van der Waals surface area contributed by atoms with E-state index in [1.165, 1.54) is 0 Å². The van der Waals surface area contributed by atoms with Crippen LogP contribution in [0, 0.1) is 0 Å². The van der Waals surface area contributed by atoms with Gasteiger partial charge in [0.05, 0.1) is 10.7 Å². The summed E-state index contributed by atoms with van der Waals surface area (Å²) in [6.45, 7) is 2.86. The first-order chi connectivity index (χ1) is 14.5. The Labute approximate surface area is 190 Å². The van der Waals surface area contributed by atoms with Crippen molar-refractivity contribution in [1.29, 1.82) is 0 Å². The van der Waals surface area contributed by atoms with E-state index in [2.05, 4.69) is 0 Å². The van der Waals surface area contributed by atoms with Gasteiger partial charge >= 0.3 is 0 Å². The quantitative estimate of drug-likeness (QED) is 0.380. The van der Waals surface area contributed by atoms with E-state index in [0.717, 1.165) is 22.4 Å². The largest absolute Gasteiger partial charge is 0.487 e. The fourth-order valence-electron chi connectivity index (χ4n) is 3.45.